The van der Waals surface area contributed by atoms with E-state index in [0.29, 0.717) is 17.8 Å². The van der Waals surface area contributed by atoms with Gasteiger partial charge < -0.3 is 10.0 Å². The number of anilines is 1. The normalized spacial score (nSPS) is 12.2. The van der Waals surface area contributed by atoms with Crippen LogP contribution in [0.15, 0.2) is 30.6 Å². The van der Waals surface area contributed by atoms with Crippen LogP contribution >= 0.6 is 0 Å². The lowest BCUT2D eigenvalue weighted by Gasteiger charge is -2.19. The molecule has 112 valence electrons. The molecule has 1 N–H and O–H groups in total. The largest absolute Gasteiger partial charge is 0.389 e. The Morgan fingerprint density at radius 1 is 1.52 bits per heavy atom. The molecule has 1 atom stereocenters. The highest BCUT2D eigenvalue weighted by molar-refractivity contribution is 5.64. The van der Waals surface area contributed by atoms with Gasteiger partial charge in [0.1, 0.15) is 5.69 Å². The lowest BCUT2D eigenvalue weighted by atomic mass is 10.1. The molecule has 7 heteroatoms. The van der Waals surface area contributed by atoms with E-state index in [2.05, 4.69) is 5.10 Å². The Bertz CT molecular complexity index is 651. The monoisotopic (exact) mass is 290 g/mol. The predicted octanol–water partition coefficient (Wildman–Crippen LogP) is 2.02. The van der Waals surface area contributed by atoms with Crippen molar-refractivity contribution in [1.29, 1.82) is 0 Å². The van der Waals surface area contributed by atoms with E-state index in [4.69, 9.17) is 0 Å². The molecule has 0 aliphatic carbocycles. The second-order valence-corrected chi connectivity index (χ2v) is 5.06. The number of aliphatic hydroxyl groups excluding tert-OH is 1. The Hall–Kier alpha value is -2.41. The summed E-state index contributed by atoms with van der Waals surface area (Å²) in [5, 5.41) is 24.9. The highest BCUT2D eigenvalue weighted by Crippen LogP contribution is 2.31. The summed E-state index contributed by atoms with van der Waals surface area (Å²) in [6, 6.07) is 4.78. The number of nitro groups is 1. The van der Waals surface area contributed by atoms with Crippen LogP contribution in [0.4, 0.5) is 11.4 Å². The van der Waals surface area contributed by atoms with Gasteiger partial charge in [0, 0.05) is 38.5 Å². The zero-order valence-electron chi connectivity index (χ0n) is 12.2. The molecule has 0 aliphatic heterocycles. The molecule has 21 heavy (non-hydrogen) atoms. The number of nitrogens with zero attached hydrogens (tertiary/aromatic N) is 4. The number of nitro benzene ring substituents is 1. The summed E-state index contributed by atoms with van der Waals surface area (Å²) in [4.78, 5) is 12.6. The maximum Gasteiger partial charge on any atom is 0.292 e. The summed E-state index contributed by atoms with van der Waals surface area (Å²) in [7, 11) is 3.61. The zero-order valence-corrected chi connectivity index (χ0v) is 12.2. The van der Waals surface area contributed by atoms with Crippen LogP contribution < -0.4 is 4.90 Å². The maximum atomic E-state index is 11.2. The number of hydrogen-bond acceptors (Lipinski definition) is 5. The minimum absolute atomic E-state index is 0.0141. The van der Waals surface area contributed by atoms with Crippen molar-refractivity contribution < 1.29 is 10.0 Å². The predicted molar refractivity (Wildman–Crippen MR) is 79.0 cm³/mol. The van der Waals surface area contributed by atoms with E-state index in [1.807, 2.05) is 13.2 Å². The first-order chi connectivity index (χ1) is 9.88. The maximum absolute atomic E-state index is 11.2. The van der Waals surface area contributed by atoms with Gasteiger partial charge in [0.15, 0.2) is 0 Å². The molecule has 0 aliphatic rings. The van der Waals surface area contributed by atoms with E-state index < -0.39 is 11.0 Å². The van der Waals surface area contributed by atoms with Crippen molar-refractivity contribution >= 4 is 11.4 Å². The summed E-state index contributed by atoms with van der Waals surface area (Å²) in [6.07, 6.45) is 2.86. The van der Waals surface area contributed by atoms with Gasteiger partial charge in [-0.3, -0.25) is 14.8 Å². The van der Waals surface area contributed by atoms with Crippen molar-refractivity contribution in [2.75, 3.05) is 11.9 Å². The SMILES string of the molecule is CC(O)c1ccc(N(C)Cc2cnn(C)c2)c([N+](=O)[O-])c1. The molecular formula is C14H18N4O3. The Labute approximate surface area is 122 Å². The van der Waals surface area contributed by atoms with Crippen molar-refractivity contribution in [2.45, 2.75) is 19.6 Å². The Balaban J connectivity index is 2.31. The Morgan fingerprint density at radius 2 is 2.24 bits per heavy atom. The van der Waals surface area contributed by atoms with Gasteiger partial charge in [-0.05, 0) is 18.6 Å². The average molecular weight is 290 g/mol. The fourth-order valence-electron chi connectivity index (χ4n) is 2.18. The third-order valence-corrected chi connectivity index (χ3v) is 3.27. The van der Waals surface area contributed by atoms with Crippen LogP contribution in [-0.4, -0.2) is 26.9 Å². The van der Waals surface area contributed by atoms with Crippen LogP contribution in [0.2, 0.25) is 0 Å². The third kappa shape index (κ3) is 3.38. The molecular weight excluding hydrogens is 272 g/mol. The van der Waals surface area contributed by atoms with Gasteiger partial charge in [-0.25, -0.2) is 0 Å². The molecule has 0 fully saturated rings. The number of benzene rings is 1. The number of aryl methyl sites for hydroxylation is 1. The summed E-state index contributed by atoms with van der Waals surface area (Å²) in [5.41, 5.74) is 1.99. The van der Waals surface area contributed by atoms with Crippen molar-refractivity contribution in [3.63, 3.8) is 0 Å². The summed E-state index contributed by atoms with van der Waals surface area (Å²) in [5.74, 6) is 0. The summed E-state index contributed by atoms with van der Waals surface area (Å²) < 4.78 is 1.69. The molecule has 1 aromatic heterocycles. The van der Waals surface area contributed by atoms with Gasteiger partial charge in [0.05, 0.1) is 17.2 Å². The zero-order chi connectivity index (χ0) is 15.6. The van der Waals surface area contributed by atoms with Gasteiger partial charge in [-0.2, -0.15) is 5.10 Å². The van der Waals surface area contributed by atoms with E-state index in [9.17, 15) is 15.2 Å². The second-order valence-electron chi connectivity index (χ2n) is 5.06. The van der Waals surface area contributed by atoms with E-state index in [-0.39, 0.29) is 5.69 Å². The molecule has 1 aromatic carbocycles. The van der Waals surface area contributed by atoms with Crippen LogP contribution in [0.5, 0.6) is 0 Å². The van der Waals surface area contributed by atoms with E-state index in [1.54, 1.807) is 41.9 Å². The molecule has 1 unspecified atom stereocenters. The van der Waals surface area contributed by atoms with Crippen molar-refractivity contribution in [2.24, 2.45) is 7.05 Å². The molecule has 0 spiro atoms. The van der Waals surface area contributed by atoms with E-state index in [1.165, 1.54) is 6.07 Å². The average Bonchev–Trinajstić information content (AvgIpc) is 2.83. The topological polar surface area (TPSA) is 84.4 Å². The lowest BCUT2D eigenvalue weighted by Crippen LogP contribution is -2.17. The molecule has 0 amide bonds. The summed E-state index contributed by atoms with van der Waals surface area (Å²) in [6.45, 7) is 2.10. The van der Waals surface area contributed by atoms with E-state index in [0.717, 1.165) is 5.56 Å². The minimum Gasteiger partial charge on any atom is -0.389 e. The molecule has 0 bridgehead atoms. The first kappa shape index (κ1) is 15.0. The second kappa shape index (κ2) is 5.92. The quantitative estimate of drug-likeness (QED) is 0.672. The number of aromatic nitrogens is 2. The van der Waals surface area contributed by atoms with E-state index >= 15 is 0 Å². The van der Waals surface area contributed by atoms with Crippen LogP contribution in [0.1, 0.15) is 24.2 Å². The highest BCUT2D eigenvalue weighted by Gasteiger charge is 2.19. The Kier molecular flexibility index (Phi) is 4.23. The number of rotatable bonds is 5. The van der Waals surface area contributed by atoms with Crippen LogP contribution in [0, 0.1) is 10.1 Å². The van der Waals surface area contributed by atoms with Gasteiger partial charge >= 0.3 is 0 Å². The van der Waals surface area contributed by atoms with Crippen molar-refractivity contribution in [3.8, 4) is 0 Å². The fraction of sp³-hybridized carbons (Fsp3) is 0.357. The number of hydrogen-bond donors (Lipinski definition) is 1. The van der Waals surface area contributed by atoms with Crippen LogP contribution in [0.25, 0.3) is 0 Å². The highest BCUT2D eigenvalue weighted by atomic mass is 16.6. The smallest absolute Gasteiger partial charge is 0.292 e. The third-order valence-electron chi connectivity index (χ3n) is 3.27. The molecule has 2 rings (SSSR count). The van der Waals surface area contributed by atoms with Gasteiger partial charge in [-0.15, -0.1) is 0 Å². The Morgan fingerprint density at radius 3 is 2.76 bits per heavy atom. The van der Waals surface area contributed by atoms with Gasteiger partial charge in [0.25, 0.3) is 5.69 Å². The van der Waals surface area contributed by atoms with Crippen LogP contribution in [-0.2, 0) is 13.6 Å². The standard InChI is InChI=1S/C14H18N4O3/c1-10(19)12-4-5-13(14(6-12)18(20)21)16(2)8-11-7-15-17(3)9-11/h4-7,9-10,19H,8H2,1-3H3. The summed E-state index contributed by atoms with van der Waals surface area (Å²) >= 11 is 0. The first-order valence-corrected chi connectivity index (χ1v) is 6.53. The minimum atomic E-state index is -0.735. The molecule has 1 heterocycles. The molecule has 7 nitrogen and oxygen atoms in total. The molecule has 0 saturated carbocycles. The van der Waals surface area contributed by atoms with Gasteiger partial charge in [-0.1, -0.05) is 6.07 Å². The number of aliphatic hydroxyl groups is 1. The van der Waals surface area contributed by atoms with Crippen molar-refractivity contribution in [3.05, 3.63) is 51.8 Å². The molecule has 0 saturated heterocycles. The van der Waals surface area contributed by atoms with Crippen LogP contribution in [0.3, 0.4) is 0 Å². The fourth-order valence-corrected chi connectivity index (χ4v) is 2.18. The van der Waals surface area contributed by atoms with Gasteiger partial charge in [0.2, 0.25) is 0 Å². The van der Waals surface area contributed by atoms with Crippen molar-refractivity contribution in [1.82, 2.24) is 9.78 Å². The molecule has 2 aromatic rings. The lowest BCUT2D eigenvalue weighted by molar-refractivity contribution is -0.384. The molecule has 0 radical (unpaired) electrons. The first-order valence-electron chi connectivity index (χ1n) is 6.53.